The largest absolute Gasteiger partial charge is 0.314 e. The predicted octanol–water partition coefficient (Wildman–Crippen LogP) is 2.26. The van der Waals surface area contributed by atoms with E-state index in [0.29, 0.717) is 12.0 Å². The van der Waals surface area contributed by atoms with Gasteiger partial charge in [0.25, 0.3) is 0 Å². The van der Waals surface area contributed by atoms with Crippen LogP contribution in [0.2, 0.25) is 0 Å². The molecule has 1 heterocycles. The zero-order valence-electron chi connectivity index (χ0n) is 10.6. The minimum absolute atomic E-state index is 0.146. The lowest BCUT2D eigenvalue weighted by molar-refractivity contribution is 0.259. The zero-order valence-corrected chi connectivity index (χ0v) is 10.6. The lowest BCUT2D eigenvalue weighted by Crippen LogP contribution is -2.32. The zero-order chi connectivity index (χ0) is 12.3. The standard InChI is InChI=1S/C14H21FN2/c1-11-13(6-7-16-11)10-17(2)9-12-4-3-5-14(15)8-12/h3-5,8,11,13,16H,6-7,9-10H2,1-2H3. The summed E-state index contributed by atoms with van der Waals surface area (Å²) < 4.78 is 13.1. The molecule has 17 heavy (non-hydrogen) atoms. The maximum Gasteiger partial charge on any atom is 0.123 e. The molecule has 1 aliphatic rings. The van der Waals surface area contributed by atoms with Gasteiger partial charge in [-0.25, -0.2) is 4.39 Å². The first kappa shape index (κ1) is 12.5. The summed E-state index contributed by atoms with van der Waals surface area (Å²) in [6, 6.07) is 7.47. The molecular weight excluding hydrogens is 215 g/mol. The molecule has 0 amide bonds. The minimum atomic E-state index is -0.146. The van der Waals surface area contributed by atoms with Crippen molar-refractivity contribution < 1.29 is 4.39 Å². The van der Waals surface area contributed by atoms with Crippen LogP contribution in [-0.4, -0.2) is 31.1 Å². The Morgan fingerprint density at radius 3 is 2.94 bits per heavy atom. The Hall–Kier alpha value is -0.930. The first-order valence-electron chi connectivity index (χ1n) is 6.31. The number of nitrogens with one attached hydrogen (secondary N) is 1. The van der Waals surface area contributed by atoms with Crippen molar-refractivity contribution in [3.63, 3.8) is 0 Å². The maximum atomic E-state index is 13.1. The topological polar surface area (TPSA) is 15.3 Å². The van der Waals surface area contributed by atoms with E-state index in [2.05, 4.69) is 24.2 Å². The molecule has 3 heteroatoms. The highest BCUT2D eigenvalue weighted by Gasteiger charge is 2.23. The summed E-state index contributed by atoms with van der Waals surface area (Å²) in [6.45, 7) is 5.26. The lowest BCUT2D eigenvalue weighted by Gasteiger charge is -2.23. The van der Waals surface area contributed by atoms with Gasteiger partial charge in [-0.05, 0) is 50.6 Å². The van der Waals surface area contributed by atoms with E-state index in [4.69, 9.17) is 0 Å². The third-order valence-electron chi connectivity index (χ3n) is 3.58. The molecule has 1 aromatic rings. The molecule has 0 spiro atoms. The molecule has 1 aliphatic heterocycles. The minimum Gasteiger partial charge on any atom is -0.314 e. The molecule has 0 aliphatic carbocycles. The van der Waals surface area contributed by atoms with E-state index >= 15 is 0 Å². The fraction of sp³-hybridized carbons (Fsp3) is 0.571. The number of rotatable bonds is 4. The van der Waals surface area contributed by atoms with Crippen molar-refractivity contribution in [3.05, 3.63) is 35.6 Å². The first-order valence-corrected chi connectivity index (χ1v) is 6.31. The normalized spacial score (nSPS) is 24.5. The van der Waals surface area contributed by atoms with Crippen molar-refractivity contribution in [1.29, 1.82) is 0 Å². The summed E-state index contributed by atoms with van der Waals surface area (Å²) in [6.07, 6.45) is 1.24. The van der Waals surface area contributed by atoms with Gasteiger partial charge in [-0.15, -0.1) is 0 Å². The molecule has 1 N–H and O–H groups in total. The van der Waals surface area contributed by atoms with Gasteiger partial charge in [0.15, 0.2) is 0 Å². The van der Waals surface area contributed by atoms with Gasteiger partial charge in [0.2, 0.25) is 0 Å². The molecule has 0 bridgehead atoms. The Labute approximate surface area is 103 Å². The maximum absolute atomic E-state index is 13.1. The Bertz CT molecular complexity index is 367. The second kappa shape index (κ2) is 5.61. The summed E-state index contributed by atoms with van der Waals surface area (Å²) in [4.78, 5) is 2.28. The molecule has 2 nitrogen and oxygen atoms in total. The number of hydrogen-bond acceptors (Lipinski definition) is 2. The SMILES string of the molecule is CC1NCCC1CN(C)Cc1cccc(F)c1. The second-order valence-corrected chi connectivity index (χ2v) is 5.12. The van der Waals surface area contributed by atoms with Crippen LogP contribution < -0.4 is 5.32 Å². The van der Waals surface area contributed by atoms with E-state index in [1.807, 2.05) is 6.07 Å². The van der Waals surface area contributed by atoms with Crippen LogP contribution in [-0.2, 0) is 6.54 Å². The molecule has 1 fully saturated rings. The Morgan fingerprint density at radius 2 is 2.29 bits per heavy atom. The van der Waals surface area contributed by atoms with Crippen molar-refractivity contribution in [2.45, 2.75) is 25.9 Å². The van der Waals surface area contributed by atoms with Gasteiger partial charge in [-0.2, -0.15) is 0 Å². The van der Waals surface area contributed by atoms with E-state index in [1.54, 1.807) is 12.1 Å². The van der Waals surface area contributed by atoms with E-state index in [0.717, 1.165) is 25.2 Å². The van der Waals surface area contributed by atoms with Gasteiger partial charge in [0, 0.05) is 19.1 Å². The van der Waals surface area contributed by atoms with E-state index in [9.17, 15) is 4.39 Å². The monoisotopic (exact) mass is 236 g/mol. The summed E-state index contributed by atoms with van der Waals surface area (Å²) in [7, 11) is 2.11. The molecule has 2 rings (SSSR count). The fourth-order valence-electron chi connectivity index (χ4n) is 2.57. The van der Waals surface area contributed by atoms with Gasteiger partial charge in [-0.3, -0.25) is 0 Å². The van der Waals surface area contributed by atoms with Crippen molar-refractivity contribution >= 4 is 0 Å². The van der Waals surface area contributed by atoms with Crippen LogP contribution in [0.1, 0.15) is 18.9 Å². The average molecular weight is 236 g/mol. The van der Waals surface area contributed by atoms with Crippen LogP contribution in [0.25, 0.3) is 0 Å². The molecule has 0 radical (unpaired) electrons. The molecular formula is C14H21FN2. The van der Waals surface area contributed by atoms with Gasteiger partial charge < -0.3 is 10.2 Å². The van der Waals surface area contributed by atoms with Crippen molar-refractivity contribution in [3.8, 4) is 0 Å². The van der Waals surface area contributed by atoms with Crippen LogP contribution >= 0.6 is 0 Å². The van der Waals surface area contributed by atoms with Gasteiger partial charge in [0.1, 0.15) is 5.82 Å². The van der Waals surface area contributed by atoms with Crippen molar-refractivity contribution in [2.24, 2.45) is 5.92 Å². The highest BCUT2D eigenvalue weighted by molar-refractivity contribution is 5.16. The van der Waals surface area contributed by atoms with Crippen LogP contribution in [0.3, 0.4) is 0 Å². The van der Waals surface area contributed by atoms with Crippen LogP contribution in [0.5, 0.6) is 0 Å². The quantitative estimate of drug-likeness (QED) is 0.862. The number of nitrogens with zero attached hydrogens (tertiary/aromatic N) is 1. The Morgan fingerprint density at radius 1 is 1.47 bits per heavy atom. The van der Waals surface area contributed by atoms with Gasteiger partial charge in [-0.1, -0.05) is 12.1 Å². The van der Waals surface area contributed by atoms with Crippen LogP contribution in [0.4, 0.5) is 4.39 Å². The van der Waals surface area contributed by atoms with Crippen molar-refractivity contribution in [1.82, 2.24) is 10.2 Å². The highest BCUT2D eigenvalue weighted by atomic mass is 19.1. The van der Waals surface area contributed by atoms with Crippen LogP contribution in [0.15, 0.2) is 24.3 Å². The van der Waals surface area contributed by atoms with E-state index in [-0.39, 0.29) is 5.82 Å². The smallest absolute Gasteiger partial charge is 0.123 e. The van der Waals surface area contributed by atoms with E-state index < -0.39 is 0 Å². The third-order valence-corrected chi connectivity index (χ3v) is 3.58. The highest BCUT2D eigenvalue weighted by Crippen LogP contribution is 2.17. The van der Waals surface area contributed by atoms with Crippen LogP contribution in [0, 0.1) is 11.7 Å². The summed E-state index contributed by atoms with van der Waals surface area (Å²) in [5, 5.41) is 3.46. The van der Waals surface area contributed by atoms with Gasteiger partial charge >= 0.3 is 0 Å². The number of hydrogen-bond donors (Lipinski definition) is 1. The molecule has 1 saturated heterocycles. The third kappa shape index (κ3) is 3.51. The molecule has 94 valence electrons. The van der Waals surface area contributed by atoms with E-state index in [1.165, 1.54) is 12.5 Å². The molecule has 2 unspecified atom stereocenters. The summed E-state index contributed by atoms with van der Waals surface area (Å²) in [5.74, 6) is 0.570. The number of benzene rings is 1. The molecule has 2 atom stereocenters. The molecule has 0 saturated carbocycles. The fourth-order valence-corrected chi connectivity index (χ4v) is 2.57. The summed E-state index contributed by atoms with van der Waals surface area (Å²) in [5.41, 5.74) is 1.05. The van der Waals surface area contributed by atoms with Crippen molar-refractivity contribution in [2.75, 3.05) is 20.1 Å². The Balaban J connectivity index is 1.86. The number of halogens is 1. The predicted molar refractivity (Wildman–Crippen MR) is 68.3 cm³/mol. The first-order chi connectivity index (χ1) is 8.15. The molecule has 0 aromatic heterocycles. The Kier molecular flexibility index (Phi) is 4.13. The lowest BCUT2D eigenvalue weighted by atomic mass is 10.0. The second-order valence-electron chi connectivity index (χ2n) is 5.12. The molecule has 1 aromatic carbocycles. The summed E-state index contributed by atoms with van der Waals surface area (Å²) >= 11 is 0. The van der Waals surface area contributed by atoms with Gasteiger partial charge in [0.05, 0.1) is 0 Å². The average Bonchev–Trinajstić information content (AvgIpc) is 2.64.